The van der Waals surface area contributed by atoms with Gasteiger partial charge < -0.3 is 10.2 Å². The van der Waals surface area contributed by atoms with Gasteiger partial charge in [-0.25, -0.2) is 9.97 Å². The van der Waals surface area contributed by atoms with Crippen molar-refractivity contribution in [1.82, 2.24) is 9.97 Å². The molecule has 1 saturated carbocycles. The minimum Gasteiger partial charge on any atom is -0.354 e. The standard InChI is InChI=1S/C17H20N4O/c1-11-10-12(11)17(22)20-15-16(21-8-4-5-9-21)19-14-7-3-2-6-13(14)18-15/h2-3,6-7,11-12H,4-5,8-10H2,1H3,(H,18,20,22)/t11-,12-/m0/s1. The molecule has 1 amide bonds. The van der Waals surface area contributed by atoms with Crippen LogP contribution in [0.4, 0.5) is 11.6 Å². The van der Waals surface area contributed by atoms with Crippen molar-refractivity contribution in [2.75, 3.05) is 23.3 Å². The van der Waals surface area contributed by atoms with E-state index >= 15 is 0 Å². The summed E-state index contributed by atoms with van der Waals surface area (Å²) in [5.74, 6) is 2.14. The van der Waals surface area contributed by atoms with Crippen LogP contribution in [0, 0.1) is 11.8 Å². The Hall–Kier alpha value is -2.17. The smallest absolute Gasteiger partial charge is 0.229 e. The fourth-order valence-corrected chi connectivity index (χ4v) is 3.12. The number of hydrogen-bond donors (Lipinski definition) is 1. The number of nitrogens with zero attached hydrogens (tertiary/aromatic N) is 3. The van der Waals surface area contributed by atoms with Gasteiger partial charge in [0.05, 0.1) is 11.0 Å². The number of carbonyl (C=O) groups excluding carboxylic acids is 1. The van der Waals surface area contributed by atoms with Gasteiger partial charge in [0.15, 0.2) is 11.6 Å². The SMILES string of the molecule is C[C@H]1C[C@@H]1C(=O)Nc1nc2ccccc2nc1N1CCCC1. The molecule has 114 valence electrons. The Bertz CT molecular complexity index is 724. The maximum atomic E-state index is 12.3. The van der Waals surface area contributed by atoms with Crippen molar-refractivity contribution in [3.8, 4) is 0 Å². The second-order valence-corrected chi connectivity index (χ2v) is 6.39. The predicted molar refractivity (Wildman–Crippen MR) is 86.9 cm³/mol. The molecule has 1 aliphatic carbocycles. The van der Waals surface area contributed by atoms with Gasteiger partial charge in [-0.15, -0.1) is 0 Å². The molecule has 0 bridgehead atoms. The summed E-state index contributed by atoms with van der Waals surface area (Å²) in [6, 6.07) is 7.82. The Morgan fingerprint density at radius 1 is 1.18 bits per heavy atom. The maximum Gasteiger partial charge on any atom is 0.229 e. The average molecular weight is 296 g/mol. The van der Waals surface area contributed by atoms with Gasteiger partial charge >= 0.3 is 0 Å². The second kappa shape index (κ2) is 5.23. The van der Waals surface area contributed by atoms with E-state index in [9.17, 15) is 4.79 Å². The van der Waals surface area contributed by atoms with Crippen molar-refractivity contribution in [3.63, 3.8) is 0 Å². The van der Waals surface area contributed by atoms with E-state index in [4.69, 9.17) is 4.98 Å². The highest BCUT2D eigenvalue weighted by atomic mass is 16.2. The molecule has 1 aromatic carbocycles. The zero-order valence-corrected chi connectivity index (χ0v) is 12.7. The molecule has 2 fully saturated rings. The summed E-state index contributed by atoms with van der Waals surface area (Å²) in [5.41, 5.74) is 1.70. The molecule has 1 aromatic heterocycles. The molecule has 1 N–H and O–H groups in total. The Labute approximate surface area is 129 Å². The summed E-state index contributed by atoms with van der Waals surface area (Å²) in [6.07, 6.45) is 3.31. The van der Waals surface area contributed by atoms with Crippen LogP contribution >= 0.6 is 0 Å². The average Bonchev–Trinajstić information content (AvgIpc) is 3.03. The number of hydrogen-bond acceptors (Lipinski definition) is 4. The normalized spacial score (nSPS) is 23.8. The Morgan fingerprint density at radius 2 is 1.82 bits per heavy atom. The van der Waals surface area contributed by atoms with E-state index in [0.29, 0.717) is 11.7 Å². The Kier molecular flexibility index (Phi) is 3.21. The van der Waals surface area contributed by atoms with Crippen molar-refractivity contribution >= 4 is 28.6 Å². The zero-order chi connectivity index (χ0) is 15.1. The van der Waals surface area contributed by atoms with E-state index in [2.05, 4.69) is 22.1 Å². The molecule has 2 atom stereocenters. The van der Waals surface area contributed by atoms with Crippen LogP contribution in [0.25, 0.3) is 11.0 Å². The molecule has 22 heavy (non-hydrogen) atoms. The van der Waals surface area contributed by atoms with Crippen molar-refractivity contribution in [2.45, 2.75) is 26.2 Å². The molecule has 2 heterocycles. The molecule has 0 spiro atoms. The first kappa shape index (κ1) is 13.5. The number of amides is 1. The number of fused-ring (bicyclic) bond motifs is 1. The minimum atomic E-state index is 0.0810. The largest absolute Gasteiger partial charge is 0.354 e. The lowest BCUT2D eigenvalue weighted by molar-refractivity contribution is -0.117. The van der Waals surface area contributed by atoms with Crippen LogP contribution in [0.1, 0.15) is 26.2 Å². The highest BCUT2D eigenvalue weighted by Crippen LogP contribution is 2.39. The molecular weight excluding hydrogens is 276 g/mol. The summed E-state index contributed by atoms with van der Waals surface area (Å²) >= 11 is 0. The highest BCUT2D eigenvalue weighted by Gasteiger charge is 2.39. The third-order valence-corrected chi connectivity index (χ3v) is 4.65. The van der Waals surface area contributed by atoms with Crippen LogP contribution in [0.5, 0.6) is 0 Å². The zero-order valence-electron chi connectivity index (χ0n) is 12.7. The summed E-state index contributed by atoms with van der Waals surface area (Å²) in [7, 11) is 0. The van der Waals surface area contributed by atoms with Gasteiger partial charge in [-0.3, -0.25) is 4.79 Å². The molecule has 0 unspecified atom stereocenters. The molecule has 1 saturated heterocycles. The number of anilines is 2. The van der Waals surface area contributed by atoms with Gasteiger partial charge in [0, 0.05) is 19.0 Å². The van der Waals surface area contributed by atoms with Gasteiger partial charge in [0.2, 0.25) is 5.91 Å². The fraction of sp³-hybridized carbons (Fsp3) is 0.471. The third kappa shape index (κ3) is 2.40. The molecule has 2 aromatic rings. The van der Waals surface area contributed by atoms with Gasteiger partial charge in [0.25, 0.3) is 0 Å². The first-order valence-electron chi connectivity index (χ1n) is 8.05. The molecule has 5 heteroatoms. The predicted octanol–water partition coefficient (Wildman–Crippen LogP) is 2.82. The number of aromatic nitrogens is 2. The van der Waals surface area contributed by atoms with Crippen molar-refractivity contribution in [1.29, 1.82) is 0 Å². The van der Waals surface area contributed by atoms with Gasteiger partial charge in [-0.2, -0.15) is 0 Å². The summed E-state index contributed by atoms with van der Waals surface area (Å²) < 4.78 is 0. The highest BCUT2D eigenvalue weighted by molar-refractivity contribution is 5.97. The van der Waals surface area contributed by atoms with E-state index < -0.39 is 0 Å². The van der Waals surface area contributed by atoms with Crippen LogP contribution in [-0.4, -0.2) is 29.0 Å². The third-order valence-electron chi connectivity index (χ3n) is 4.65. The van der Waals surface area contributed by atoms with Crippen LogP contribution < -0.4 is 10.2 Å². The van der Waals surface area contributed by atoms with Gasteiger partial charge in [-0.05, 0) is 37.3 Å². The van der Waals surface area contributed by atoms with Crippen molar-refractivity contribution in [3.05, 3.63) is 24.3 Å². The lowest BCUT2D eigenvalue weighted by Gasteiger charge is -2.20. The van der Waals surface area contributed by atoms with E-state index in [1.54, 1.807) is 0 Å². The summed E-state index contributed by atoms with van der Waals surface area (Å²) in [6.45, 7) is 4.07. The van der Waals surface area contributed by atoms with Gasteiger partial charge in [0.1, 0.15) is 0 Å². The van der Waals surface area contributed by atoms with E-state index in [-0.39, 0.29) is 11.8 Å². The summed E-state index contributed by atoms with van der Waals surface area (Å²) in [4.78, 5) is 23.9. The van der Waals surface area contributed by atoms with E-state index in [1.807, 2.05) is 24.3 Å². The molecule has 0 radical (unpaired) electrons. The van der Waals surface area contributed by atoms with Crippen molar-refractivity contribution < 1.29 is 4.79 Å². The molecular formula is C17H20N4O. The number of nitrogens with one attached hydrogen (secondary N) is 1. The van der Waals surface area contributed by atoms with Crippen LogP contribution in [-0.2, 0) is 4.79 Å². The monoisotopic (exact) mass is 296 g/mol. The quantitative estimate of drug-likeness (QED) is 0.946. The fourth-order valence-electron chi connectivity index (χ4n) is 3.12. The maximum absolute atomic E-state index is 12.3. The van der Waals surface area contributed by atoms with Crippen molar-refractivity contribution in [2.24, 2.45) is 11.8 Å². The molecule has 1 aliphatic heterocycles. The topological polar surface area (TPSA) is 58.1 Å². The summed E-state index contributed by atoms with van der Waals surface area (Å²) in [5, 5.41) is 3.02. The Morgan fingerprint density at radius 3 is 2.45 bits per heavy atom. The number of rotatable bonds is 3. The van der Waals surface area contributed by atoms with E-state index in [1.165, 1.54) is 12.8 Å². The second-order valence-electron chi connectivity index (χ2n) is 6.39. The lowest BCUT2D eigenvalue weighted by atomic mass is 10.3. The van der Waals surface area contributed by atoms with Crippen LogP contribution in [0.2, 0.25) is 0 Å². The number of carbonyl (C=O) groups is 1. The number of para-hydroxylation sites is 2. The molecule has 2 aliphatic rings. The first-order valence-corrected chi connectivity index (χ1v) is 8.05. The Balaban J connectivity index is 1.72. The molecule has 5 nitrogen and oxygen atoms in total. The van der Waals surface area contributed by atoms with Gasteiger partial charge in [-0.1, -0.05) is 19.1 Å². The van der Waals surface area contributed by atoms with Crippen LogP contribution in [0.15, 0.2) is 24.3 Å². The van der Waals surface area contributed by atoms with E-state index in [0.717, 1.165) is 36.4 Å². The first-order chi connectivity index (χ1) is 10.7. The number of benzene rings is 1. The minimum absolute atomic E-state index is 0.0810. The molecule has 4 rings (SSSR count). The lowest BCUT2D eigenvalue weighted by Crippen LogP contribution is -2.24. The van der Waals surface area contributed by atoms with Crippen LogP contribution in [0.3, 0.4) is 0 Å².